The molecule has 2 rings (SSSR count). The molecule has 0 saturated heterocycles. The molecule has 1 aliphatic carbocycles. The zero-order valence-corrected chi connectivity index (χ0v) is 15.9. The highest BCUT2D eigenvalue weighted by molar-refractivity contribution is 9.13. The van der Waals surface area contributed by atoms with E-state index < -0.39 is 0 Å². The number of rotatable bonds is 3. The first kappa shape index (κ1) is 16.0. The Hall–Kier alpha value is 0.620. The van der Waals surface area contributed by atoms with Crippen LogP contribution in [-0.4, -0.2) is 6.04 Å². The van der Waals surface area contributed by atoms with Gasteiger partial charge >= 0.3 is 0 Å². The highest BCUT2D eigenvalue weighted by atomic mass is 79.9. The molecule has 2 unspecified atom stereocenters. The Morgan fingerprint density at radius 1 is 1.26 bits per heavy atom. The minimum atomic E-state index is 0.411. The molecule has 1 aromatic rings. The molecule has 1 heterocycles. The van der Waals surface area contributed by atoms with E-state index in [0.29, 0.717) is 11.5 Å². The molecule has 1 aliphatic rings. The number of hydrogen-bond donors (Lipinski definition) is 1. The minimum absolute atomic E-state index is 0.411. The highest BCUT2D eigenvalue weighted by Gasteiger charge is 2.33. The van der Waals surface area contributed by atoms with Gasteiger partial charge in [0.2, 0.25) is 0 Å². The Morgan fingerprint density at radius 2 is 1.95 bits per heavy atom. The molecule has 0 aromatic carbocycles. The summed E-state index contributed by atoms with van der Waals surface area (Å²) in [4.78, 5) is 1.40. The summed E-state index contributed by atoms with van der Waals surface area (Å²) < 4.78 is 2.37. The lowest BCUT2D eigenvalue weighted by Gasteiger charge is -2.41. The van der Waals surface area contributed by atoms with E-state index in [9.17, 15) is 0 Å². The van der Waals surface area contributed by atoms with Crippen molar-refractivity contribution in [3.63, 3.8) is 0 Å². The molecule has 0 radical (unpaired) electrons. The van der Waals surface area contributed by atoms with Gasteiger partial charge < -0.3 is 5.32 Å². The van der Waals surface area contributed by atoms with E-state index in [1.165, 1.54) is 38.8 Å². The van der Waals surface area contributed by atoms with Crippen molar-refractivity contribution in [1.29, 1.82) is 0 Å². The average Bonchev–Trinajstić information content (AvgIpc) is 2.65. The maximum absolute atomic E-state index is 3.80. The number of nitrogens with one attached hydrogen (secondary N) is 1. The molecule has 1 aromatic heterocycles. The van der Waals surface area contributed by atoms with Crippen LogP contribution in [0.25, 0.3) is 0 Å². The third-order valence-electron chi connectivity index (χ3n) is 4.11. The zero-order valence-electron chi connectivity index (χ0n) is 11.9. The van der Waals surface area contributed by atoms with Crippen LogP contribution in [0.4, 0.5) is 0 Å². The molecule has 1 N–H and O–H groups in total. The van der Waals surface area contributed by atoms with Crippen LogP contribution in [0.15, 0.2) is 14.3 Å². The first-order valence-corrected chi connectivity index (χ1v) is 9.45. The molecule has 19 heavy (non-hydrogen) atoms. The Morgan fingerprint density at radius 3 is 2.53 bits per heavy atom. The van der Waals surface area contributed by atoms with Crippen molar-refractivity contribution >= 4 is 43.2 Å². The van der Waals surface area contributed by atoms with E-state index >= 15 is 0 Å². The van der Waals surface area contributed by atoms with Crippen molar-refractivity contribution < 1.29 is 0 Å². The molecular weight excluding hydrogens is 386 g/mol. The summed E-state index contributed by atoms with van der Waals surface area (Å²) in [5.74, 6) is 0.799. The largest absolute Gasteiger partial charge is 0.309 e. The second kappa shape index (κ2) is 6.59. The van der Waals surface area contributed by atoms with Crippen LogP contribution in [0.1, 0.15) is 51.3 Å². The Labute approximate surface area is 137 Å². The zero-order chi connectivity index (χ0) is 14.0. The highest BCUT2D eigenvalue weighted by Crippen LogP contribution is 2.38. The summed E-state index contributed by atoms with van der Waals surface area (Å²) in [5, 5.41) is 3.80. The second-order valence-corrected chi connectivity index (χ2v) is 9.89. The molecule has 108 valence electrons. The van der Waals surface area contributed by atoms with Crippen LogP contribution in [0.5, 0.6) is 0 Å². The van der Waals surface area contributed by atoms with E-state index in [1.807, 2.05) is 11.3 Å². The normalized spacial score (nSPS) is 24.7. The second-order valence-electron chi connectivity index (χ2n) is 6.58. The van der Waals surface area contributed by atoms with Crippen LogP contribution in [0.3, 0.4) is 0 Å². The maximum atomic E-state index is 3.80. The number of halogens is 2. The van der Waals surface area contributed by atoms with Crippen molar-refractivity contribution in [2.45, 2.75) is 59.0 Å². The topological polar surface area (TPSA) is 12.0 Å². The smallest absolute Gasteiger partial charge is 0.0843 e. The Balaban J connectivity index is 1.96. The van der Waals surface area contributed by atoms with Crippen LogP contribution in [0, 0.1) is 11.3 Å². The summed E-state index contributed by atoms with van der Waals surface area (Å²) in [5.41, 5.74) is 0.411. The molecule has 2 atom stereocenters. The van der Waals surface area contributed by atoms with Gasteiger partial charge in [-0.2, -0.15) is 0 Å². The molecule has 4 heteroatoms. The predicted octanol–water partition coefficient (Wildman–Crippen LogP) is 5.97. The first-order chi connectivity index (χ1) is 8.88. The summed E-state index contributed by atoms with van der Waals surface area (Å²) in [7, 11) is 0. The van der Waals surface area contributed by atoms with Crippen molar-refractivity contribution in [2.24, 2.45) is 11.3 Å². The number of thiophene rings is 1. The van der Waals surface area contributed by atoms with Crippen LogP contribution < -0.4 is 5.32 Å². The van der Waals surface area contributed by atoms with Gasteiger partial charge in [0.1, 0.15) is 0 Å². The summed E-state index contributed by atoms with van der Waals surface area (Å²) in [6.07, 6.45) is 5.48. The minimum Gasteiger partial charge on any atom is -0.309 e. The van der Waals surface area contributed by atoms with Gasteiger partial charge in [-0.3, -0.25) is 0 Å². The summed E-state index contributed by atoms with van der Waals surface area (Å²) >= 11 is 8.95. The molecule has 1 fully saturated rings. The van der Waals surface area contributed by atoms with Gasteiger partial charge in [0.25, 0.3) is 0 Å². The van der Waals surface area contributed by atoms with E-state index in [2.05, 4.69) is 64.0 Å². The fourth-order valence-electron chi connectivity index (χ4n) is 3.12. The van der Waals surface area contributed by atoms with Crippen molar-refractivity contribution in [2.75, 3.05) is 0 Å². The predicted molar refractivity (Wildman–Crippen MR) is 91.8 cm³/mol. The first-order valence-electron chi connectivity index (χ1n) is 7.05. The fourth-order valence-corrected chi connectivity index (χ4v) is 5.25. The fraction of sp³-hybridized carbons (Fsp3) is 0.733. The van der Waals surface area contributed by atoms with E-state index in [4.69, 9.17) is 0 Å². The van der Waals surface area contributed by atoms with Gasteiger partial charge in [0.15, 0.2) is 0 Å². The van der Waals surface area contributed by atoms with Gasteiger partial charge in [-0.15, -0.1) is 11.3 Å². The van der Waals surface area contributed by atoms with Crippen molar-refractivity contribution in [1.82, 2.24) is 5.32 Å². The van der Waals surface area contributed by atoms with Gasteiger partial charge in [-0.25, -0.2) is 0 Å². The third kappa shape index (κ3) is 4.29. The molecule has 0 bridgehead atoms. The lowest BCUT2D eigenvalue weighted by molar-refractivity contribution is 0.130. The quantitative estimate of drug-likeness (QED) is 0.649. The van der Waals surface area contributed by atoms with E-state index in [0.717, 1.165) is 12.5 Å². The van der Waals surface area contributed by atoms with E-state index in [1.54, 1.807) is 0 Å². The van der Waals surface area contributed by atoms with Crippen LogP contribution in [0.2, 0.25) is 0 Å². The molecule has 0 spiro atoms. The van der Waals surface area contributed by atoms with Gasteiger partial charge in [0.05, 0.1) is 3.79 Å². The van der Waals surface area contributed by atoms with Gasteiger partial charge in [-0.1, -0.05) is 33.6 Å². The molecule has 1 saturated carbocycles. The van der Waals surface area contributed by atoms with Gasteiger partial charge in [0, 0.05) is 21.9 Å². The molecule has 0 aliphatic heterocycles. The average molecular weight is 409 g/mol. The standard InChI is InChI=1S/C15H23Br2NS/c1-15(2,3)11-6-4-5-7-13(11)18-9-10-8-12(16)14(17)19-10/h8,11,13,18H,4-7,9H2,1-3H3. The maximum Gasteiger partial charge on any atom is 0.0843 e. The lowest BCUT2D eigenvalue weighted by Crippen LogP contribution is -2.43. The molecular formula is C15H23Br2NS. The van der Waals surface area contributed by atoms with Crippen LogP contribution >= 0.6 is 43.2 Å². The van der Waals surface area contributed by atoms with E-state index in [-0.39, 0.29) is 0 Å². The third-order valence-corrected chi connectivity index (χ3v) is 7.37. The Kier molecular flexibility index (Phi) is 5.55. The summed E-state index contributed by atoms with van der Waals surface area (Å²) in [6.45, 7) is 8.15. The number of hydrogen-bond acceptors (Lipinski definition) is 2. The van der Waals surface area contributed by atoms with Gasteiger partial charge in [-0.05, 0) is 62.1 Å². The molecule has 1 nitrogen and oxygen atoms in total. The SMILES string of the molecule is CC(C)(C)C1CCCCC1NCc1cc(Br)c(Br)s1. The van der Waals surface area contributed by atoms with Crippen molar-refractivity contribution in [3.8, 4) is 0 Å². The van der Waals surface area contributed by atoms with Crippen LogP contribution in [-0.2, 0) is 6.54 Å². The molecule has 0 amide bonds. The van der Waals surface area contributed by atoms with Crippen molar-refractivity contribution in [3.05, 3.63) is 19.2 Å². The lowest BCUT2D eigenvalue weighted by atomic mass is 9.69. The monoisotopic (exact) mass is 407 g/mol. The summed E-state index contributed by atoms with van der Waals surface area (Å²) in [6, 6.07) is 2.89. The Bertz CT molecular complexity index is 403.